The number of amides is 1. The average molecular weight is 165 g/mol. The first-order valence-corrected chi connectivity index (χ1v) is 5.00. The van der Waals surface area contributed by atoms with Crippen molar-refractivity contribution in [3.8, 4) is 0 Å². The Hall–Kier alpha value is -0.530. The van der Waals surface area contributed by atoms with Gasteiger partial charge in [0.1, 0.15) is 0 Å². The number of primary amides is 1. The monoisotopic (exact) mass is 165 g/mol. The predicted molar refractivity (Wildman–Crippen MR) is 45.2 cm³/mol. The van der Waals surface area contributed by atoms with Crippen LogP contribution in [0.15, 0.2) is 0 Å². The zero-order valence-electron chi connectivity index (χ0n) is 7.25. The SMILES string of the molecule is NC(=O)C12C[C@@H]3CC1C[C@@H](C3)C2. The lowest BCUT2D eigenvalue weighted by atomic mass is 9.75. The Bertz CT molecular complexity index is 234. The molecule has 0 aromatic rings. The molecule has 2 heteroatoms. The van der Waals surface area contributed by atoms with E-state index in [9.17, 15) is 4.79 Å². The Labute approximate surface area is 72.5 Å². The van der Waals surface area contributed by atoms with Crippen molar-refractivity contribution < 1.29 is 4.79 Å². The van der Waals surface area contributed by atoms with E-state index in [1.807, 2.05) is 0 Å². The number of hydrogen-bond acceptors (Lipinski definition) is 1. The van der Waals surface area contributed by atoms with Gasteiger partial charge in [-0.25, -0.2) is 0 Å². The van der Waals surface area contributed by atoms with E-state index in [1.54, 1.807) is 0 Å². The molecule has 66 valence electrons. The number of rotatable bonds is 1. The molecule has 2 N–H and O–H groups in total. The van der Waals surface area contributed by atoms with E-state index in [0.717, 1.165) is 24.7 Å². The fraction of sp³-hybridized carbons (Fsp3) is 0.900. The molecule has 4 aliphatic carbocycles. The lowest BCUT2D eigenvalue weighted by Crippen LogP contribution is -2.38. The summed E-state index contributed by atoms with van der Waals surface area (Å²) in [6, 6.07) is 0. The van der Waals surface area contributed by atoms with E-state index in [1.165, 1.54) is 19.3 Å². The minimum Gasteiger partial charge on any atom is -0.369 e. The highest BCUT2D eigenvalue weighted by Gasteiger charge is 2.60. The number of hydrogen-bond donors (Lipinski definition) is 1. The van der Waals surface area contributed by atoms with Crippen LogP contribution in [0.5, 0.6) is 0 Å². The summed E-state index contributed by atoms with van der Waals surface area (Å²) >= 11 is 0. The molecule has 0 aromatic carbocycles. The first-order chi connectivity index (χ1) is 5.71. The summed E-state index contributed by atoms with van der Waals surface area (Å²) in [5.41, 5.74) is 5.48. The van der Waals surface area contributed by atoms with Crippen LogP contribution in [0.4, 0.5) is 0 Å². The fourth-order valence-corrected chi connectivity index (χ4v) is 4.20. The van der Waals surface area contributed by atoms with Gasteiger partial charge in [0.25, 0.3) is 0 Å². The van der Waals surface area contributed by atoms with Crippen LogP contribution in [-0.2, 0) is 4.79 Å². The van der Waals surface area contributed by atoms with Crippen molar-refractivity contribution in [3.63, 3.8) is 0 Å². The third kappa shape index (κ3) is 0.606. The second-order valence-electron chi connectivity index (χ2n) is 5.06. The topological polar surface area (TPSA) is 43.1 Å². The van der Waals surface area contributed by atoms with Crippen molar-refractivity contribution in [2.45, 2.75) is 32.1 Å². The fourth-order valence-electron chi connectivity index (χ4n) is 4.20. The zero-order chi connectivity index (χ0) is 8.34. The summed E-state index contributed by atoms with van der Waals surface area (Å²) in [4.78, 5) is 11.4. The second kappa shape index (κ2) is 1.86. The smallest absolute Gasteiger partial charge is 0.223 e. The van der Waals surface area contributed by atoms with Crippen LogP contribution >= 0.6 is 0 Å². The van der Waals surface area contributed by atoms with Crippen LogP contribution in [0.3, 0.4) is 0 Å². The van der Waals surface area contributed by atoms with Crippen LogP contribution in [0, 0.1) is 23.2 Å². The highest BCUT2D eigenvalue weighted by molar-refractivity contribution is 5.82. The molecule has 4 saturated carbocycles. The summed E-state index contributed by atoms with van der Waals surface area (Å²) in [7, 11) is 0. The van der Waals surface area contributed by atoms with Gasteiger partial charge in [-0.15, -0.1) is 0 Å². The Morgan fingerprint density at radius 1 is 1.17 bits per heavy atom. The molecule has 4 rings (SSSR count). The van der Waals surface area contributed by atoms with Gasteiger partial charge in [-0.1, -0.05) is 0 Å². The second-order valence-corrected chi connectivity index (χ2v) is 5.06. The molecule has 4 fully saturated rings. The van der Waals surface area contributed by atoms with E-state index in [4.69, 9.17) is 5.73 Å². The third-order valence-corrected chi connectivity index (χ3v) is 4.48. The summed E-state index contributed by atoms with van der Waals surface area (Å²) < 4.78 is 0. The Balaban J connectivity index is 2.03. The summed E-state index contributed by atoms with van der Waals surface area (Å²) in [6.45, 7) is 0. The highest BCUT2D eigenvalue weighted by Crippen LogP contribution is 2.65. The van der Waals surface area contributed by atoms with E-state index in [-0.39, 0.29) is 11.3 Å². The molecule has 0 heterocycles. The van der Waals surface area contributed by atoms with Crippen molar-refractivity contribution in [1.29, 1.82) is 0 Å². The molecule has 0 spiro atoms. The van der Waals surface area contributed by atoms with Crippen molar-refractivity contribution >= 4 is 5.91 Å². The third-order valence-electron chi connectivity index (χ3n) is 4.48. The molecular weight excluding hydrogens is 150 g/mol. The minimum atomic E-state index is -0.0341. The largest absolute Gasteiger partial charge is 0.369 e. The van der Waals surface area contributed by atoms with E-state index in [0.29, 0.717) is 5.92 Å². The maximum Gasteiger partial charge on any atom is 0.223 e. The maximum absolute atomic E-state index is 11.4. The van der Waals surface area contributed by atoms with Crippen molar-refractivity contribution in [2.75, 3.05) is 0 Å². The molecule has 4 bridgehead atoms. The summed E-state index contributed by atoms with van der Waals surface area (Å²) in [5, 5.41) is 0. The lowest BCUT2D eigenvalue weighted by molar-refractivity contribution is -0.129. The van der Waals surface area contributed by atoms with Gasteiger partial charge in [0.2, 0.25) is 5.91 Å². The molecular formula is C10H15NO. The number of carbonyl (C=O) groups is 1. The molecule has 4 atom stereocenters. The van der Waals surface area contributed by atoms with Crippen LogP contribution < -0.4 is 5.73 Å². The van der Waals surface area contributed by atoms with Gasteiger partial charge >= 0.3 is 0 Å². The van der Waals surface area contributed by atoms with Gasteiger partial charge in [0.15, 0.2) is 0 Å². The van der Waals surface area contributed by atoms with Crippen LogP contribution in [-0.4, -0.2) is 5.91 Å². The molecule has 2 nitrogen and oxygen atoms in total. The number of nitrogens with two attached hydrogens (primary N) is 1. The standard InChI is InChI=1S/C10H15NO/c11-9(12)10-4-6-1-7(5-10)3-8(10)2-6/h6-8H,1-5H2,(H2,11,12)/t6-,7+,8?,10?. The molecule has 0 saturated heterocycles. The minimum absolute atomic E-state index is 0.00259. The summed E-state index contributed by atoms with van der Waals surface area (Å²) in [6.07, 6.45) is 6.19. The maximum atomic E-state index is 11.4. The van der Waals surface area contributed by atoms with Crippen molar-refractivity contribution in [2.24, 2.45) is 28.9 Å². The number of carbonyl (C=O) groups excluding carboxylic acids is 1. The Kier molecular flexibility index (Phi) is 1.07. The quantitative estimate of drug-likeness (QED) is 0.625. The molecule has 4 aliphatic rings. The van der Waals surface area contributed by atoms with E-state index in [2.05, 4.69) is 0 Å². The van der Waals surface area contributed by atoms with Gasteiger partial charge < -0.3 is 5.73 Å². The highest BCUT2D eigenvalue weighted by atomic mass is 16.1. The van der Waals surface area contributed by atoms with Crippen LogP contribution in [0.1, 0.15) is 32.1 Å². The van der Waals surface area contributed by atoms with Gasteiger partial charge in [-0.3, -0.25) is 4.79 Å². The lowest BCUT2D eigenvalue weighted by Gasteiger charge is -2.29. The normalized spacial score (nSPS) is 54.8. The van der Waals surface area contributed by atoms with Crippen molar-refractivity contribution in [3.05, 3.63) is 0 Å². The van der Waals surface area contributed by atoms with Crippen LogP contribution in [0.2, 0.25) is 0 Å². The average Bonchev–Trinajstić information content (AvgIpc) is 2.37. The summed E-state index contributed by atoms with van der Waals surface area (Å²) in [5.74, 6) is 2.35. The molecule has 12 heavy (non-hydrogen) atoms. The van der Waals surface area contributed by atoms with Gasteiger partial charge in [-0.2, -0.15) is 0 Å². The molecule has 1 amide bonds. The van der Waals surface area contributed by atoms with Crippen LogP contribution in [0.25, 0.3) is 0 Å². The first kappa shape index (κ1) is 6.93. The van der Waals surface area contributed by atoms with Gasteiger partial charge in [0, 0.05) is 0 Å². The molecule has 2 unspecified atom stereocenters. The first-order valence-electron chi connectivity index (χ1n) is 5.00. The van der Waals surface area contributed by atoms with Gasteiger partial charge in [-0.05, 0) is 49.9 Å². The Morgan fingerprint density at radius 2 is 1.75 bits per heavy atom. The molecule has 0 aliphatic heterocycles. The Morgan fingerprint density at radius 3 is 2.17 bits per heavy atom. The van der Waals surface area contributed by atoms with Crippen molar-refractivity contribution in [1.82, 2.24) is 0 Å². The molecule has 0 aromatic heterocycles. The van der Waals surface area contributed by atoms with Gasteiger partial charge in [0.05, 0.1) is 5.41 Å². The predicted octanol–water partition coefficient (Wildman–Crippen LogP) is 1.30. The molecule has 0 radical (unpaired) electrons. The zero-order valence-corrected chi connectivity index (χ0v) is 7.25. The van der Waals surface area contributed by atoms with E-state index >= 15 is 0 Å². The van der Waals surface area contributed by atoms with E-state index < -0.39 is 0 Å².